The molecular weight excluding hydrogens is 429 g/mol. The zero-order valence-electron chi connectivity index (χ0n) is 14.5. The van der Waals surface area contributed by atoms with Crippen LogP contribution in [0.4, 0.5) is 0 Å². The smallest absolute Gasteiger partial charge is 0.193 e. The highest BCUT2D eigenvalue weighted by Gasteiger charge is 2.24. The summed E-state index contributed by atoms with van der Waals surface area (Å²) in [6.45, 7) is 4.19. The lowest BCUT2D eigenvalue weighted by Crippen LogP contribution is -2.39. The molecule has 0 aliphatic carbocycles. The molecule has 136 valence electrons. The molecule has 0 bridgehead atoms. The number of aromatic amines is 1. The number of rotatable bonds is 6. The van der Waals surface area contributed by atoms with E-state index in [0.29, 0.717) is 19.1 Å². The molecule has 7 heteroatoms. The number of nitrogens with one attached hydrogen (secondary N) is 2. The fraction of sp³-hybridized carbons (Fsp3) is 0.444. The second-order valence-electron chi connectivity index (χ2n) is 6.08. The quantitative estimate of drug-likeness (QED) is 0.400. The summed E-state index contributed by atoms with van der Waals surface area (Å²) in [5, 5.41) is 10.3. The fourth-order valence-electron chi connectivity index (χ4n) is 2.97. The van der Waals surface area contributed by atoms with Gasteiger partial charge in [0.25, 0.3) is 0 Å². The lowest BCUT2D eigenvalue weighted by atomic mass is 10.1. The second-order valence-corrected chi connectivity index (χ2v) is 6.08. The van der Waals surface area contributed by atoms with Gasteiger partial charge in [-0.1, -0.05) is 30.3 Å². The minimum atomic E-state index is 0. The van der Waals surface area contributed by atoms with E-state index in [0.717, 1.165) is 37.8 Å². The number of benzene rings is 1. The van der Waals surface area contributed by atoms with Crippen molar-refractivity contribution in [3.63, 3.8) is 0 Å². The fourth-order valence-corrected chi connectivity index (χ4v) is 2.97. The van der Waals surface area contributed by atoms with Crippen LogP contribution < -0.4 is 5.32 Å². The van der Waals surface area contributed by atoms with E-state index in [1.165, 1.54) is 5.56 Å². The van der Waals surface area contributed by atoms with Gasteiger partial charge in [0.1, 0.15) is 0 Å². The zero-order chi connectivity index (χ0) is 16.6. The Morgan fingerprint density at radius 3 is 2.92 bits per heavy atom. The van der Waals surface area contributed by atoms with E-state index in [-0.39, 0.29) is 24.0 Å². The lowest BCUT2D eigenvalue weighted by molar-refractivity contribution is 0.0906. The molecule has 0 radical (unpaired) electrons. The van der Waals surface area contributed by atoms with Crippen molar-refractivity contribution < 1.29 is 4.74 Å². The molecule has 1 aromatic carbocycles. The van der Waals surface area contributed by atoms with Gasteiger partial charge >= 0.3 is 0 Å². The van der Waals surface area contributed by atoms with Crippen LogP contribution in [0.25, 0.3) is 0 Å². The summed E-state index contributed by atoms with van der Waals surface area (Å²) >= 11 is 0. The van der Waals surface area contributed by atoms with Gasteiger partial charge in [0.05, 0.1) is 25.5 Å². The summed E-state index contributed by atoms with van der Waals surface area (Å²) in [5.74, 6) is 1.49. The molecule has 0 saturated carbocycles. The lowest BCUT2D eigenvalue weighted by Gasteiger charge is -2.21. The summed E-state index contributed by atoms with van der Waals surface area (Å²) in [6.07, 6.45) is 2.90. The van der Waals surface area contributed by atoms with Gasteiger partial charge in [0.15, 0.2) is 5.96 Å². The molecule has 2 N–H and O–H groups in total. The first-order valence-electron chi connectivity index (χ1n) is 8.40. The number of guanidine groups is 1. The van der Waals surface area contributed by atoms with E-state index >= 15 is 0 Å². The summed E-state index contributed by atoms with van der Waals surface area (Å²) in [7, 11) is 1.83. The van der Waals surface area contributed by atoms with Crippen molar-refractivity contribution in [2.75, 3.05) is 26.7 Å². The van der Waals surface area contributed by atoms with Crippen molar-refractivity contribution >= 4 is 29.9 Å². The maximum Gasteiger partial charge on any atom is 0.193 e. The van der Waals surface area contributed by atoms with Crippen molar-refractivity contribution in [1.29, 1.82) is 0 Å². The van der Waals surface area contributed by atoms with Gasteiger partial charge in [-0.2, -0.15) is 5.10 Å². The van der Waals surface area contributed by atoms with Crippen molar-refractivity contribution in [3.05, 3.63) is 53.9 Å². The van der Waals surface area contributed by atoms with Crippen LogP contribution in [0, 0.1) is 5.92 Å². The van der Waals surface area contributed by atoms with Crippen LogP contribution in [-0.4, -0.2) is 47.8 Å². The zero-order valence-corrected chi connectivity index (χ0v) is 16.8. The Labute approximate surface area is 166 Å². The van der Waals surface area contributed by atoms with Gasteiger partial charge in [0, 0.05) is 32.3 Å². The maximum absolute atomic E-state index is 5.88. The SMILES string of the molecule is CN=C(NCc1ccn[nH]1)N1CCC(COCc2ccccc2)C1.I. The van der Waals surface area contributed by atoms with Gasteiger partial charge in [-0.05, 0) is 18.1 Å². The molecule has 2 heterocycles. The first kappa shape index (κ1) is 19.7. The molecule has 1 aromatic heterocycles. The third-order valence-electron chi connectivity index (χ3n) is 4.26. The number of hydrogen-bond donors (Lipinski definition) is 2. The van der Waals surface area contributed by atoms with E-state index in [4.69, 9.17) is 4.74 Å². The highest BCUT2D eigenvalue weighted by atomic mass is 127. The minimum absolute atomic E-state index is 0. The van der Waals surface area contributed by atoms with Crippen LogP contribution in [0.1, 0.15) is 17.7 Å². The van der Waals surface area contributed by atoms with E-state index in [9.17, 15) is 0 Å². The van der Waals surface area contributed by atoms with E-state index in [1.807, 2.05) is 31.3 Å². The first-order valence-corrected chi connectivity index (χ1v) is 8.40. The van der Waals surface area contributed by atoms with Gasteiger partial charge < -0.3 is 15.0 Å². The van der Waals surface area contributed by atoms with Crippen LogP contribution >= 0.6 is 24.0 Å². The number of hydrogen-bond acceptors (Lipinski definition) is 3. The van der Waals surface area contributed by atoms with Crippen LogP contribution in [-0.2, 0) is 17.9 Å². The predicted molar refractivity (Wildman–Crippen MR) is 110 cm³/mol. The number of nitrogens with zero attached hydrogens (tertiary/aromatic N) is 3. The number of aromatic nitrogens is 2. The Morgan fingerprint density at radius 1 is 1.36 bits per heavy atom. The summed E-state index contributed by atoms with van der Waals surface area (Å²) in [5.41, 5.74) is 2.28. The summed E-state index contributed by atoms with van der Waals surface area (Å²) in [4.78, 5) is 6.69. The molecule has 1 fully saturated rings. The van der Waals surface area contributed by atoms with Crippen molar-refractivity contribution in [2.45, 2.75) is 19.6 Å². The topological polar surface area (TPSA) is 65.5 Å². The molecule has 25 heavy (non-hydrogen) atoms. The monoisotopic (exact) mass is 455 g/mol. The number of likely N-dealkylation sites (tertiary alicyclic amines) is 1. The second kappa shape index (κ2) is 10.4. The summed E-state index contributed by atoms with van der Waals surface area (Å²) in [6, 6.07) is 12.3. The molecule has 1 aliphatic rings. The van der Waals surface area contributed by atoms with Crippen molar-refractivity contribution in [3.8, 4) is 0 Å². The molecule has 1 saturated heterocycles. The Kier molecular flexibility index (Phi) is 8.20. The normalized spacial score (nSPS) is 17.4. The van der Waals surface area contributed by atoms with E-state index in [2.05, 4.69) is 37.5 Å². The van der Waals surface area contributed by atoms with E-state index in [1.54, 1.807) is 6.20 Å². The Hall–Kier alpha value is -1.61. The molecule has 1 unspecified atom stereocenters. The number of halogens is 1. The van der Waals surface area contributed by atoms with Gasteiger partial charge in [-0.15, -0.1) is 24.0 Å². The molecule has 3 rings (SSSR count). The molecule has 2 aromatic rings. The molecule has 0 spiro atoms. The average molecular weight is 455 g/mol. The predicted octanol–water partition coefficient (Wildman–Crippen LogP) is 2.64. The van der Waals surface area contributed by atoms with Crippen LogP contribution in [0.3, 0.4) is 0 Å². The molecule has 6 nitrogen and oxygen atoms in total. The number of H-pyrrole nitrogens is 1. The first-order chi connectivity index (χ1) is 11.8. The minimum Gasteiger partial charge on any atom is -0.376 e. The largest absolute Gasteiger partial charge is 0.376 e. The van der Waals surface area contributed by atoms with Gasteiger partial charge in [0.2, 0.25) is 0 Å². The van der Waals surface area contributed by atoms with E-state index < -0.39 is 0 Å². The molecular formula is C18H26IN5O. The third-order valence-corrected chi connectivity index (χ3v) is 4.26. The molecule has 0 amide bonds. The highest BCUT2D eigenvalue weighted by molar-refractivity contribution is 14.0. The number of ether oxygens (including phenoxy) is 1. The third kappa shape index (κ3) is 6.00. The molecule has 1 atom stereocenters. The average Bonchev–Trinajstić information content (AvgIpc) is 3.29. The number of aliphatic imine (C=N–C) groups is 1. The van der Waals surface area contributed by atoms with Gasteiger partial charge in [-0.25, -0.2) is 0 Å². The van der Waals surface area contributed by atoms with Crippen LogP contribution in [0.15, 0.2) is 47.6 Å². The van der Waals surface area contributed by atoms with Crippen LogP contribution in [0.5, 0.6) is 0 Å². The highest BCUT2D eigenvalue weighted by Crippen LogP contribution is 2.17. The Bertz CT molecular complexity index is 632. The Balaban J connectivity index is 0.00000225. The maximum atomic E-state index is 5.88. The summed E-state index contributed by atoms with van der Waals surface area (Å²) < 4.78 is 5.88. The van der Waals surface area contributed by atoms with Crippen molar-refractivity contribution in [2.24, 2.45) is 10.9 Å². The van der Waals surface area contributed by atoms with Crippen LogP contribution in [0.2, 0.25) is 0 Å². The molecule has 1 aliphatic heterocycles. The Morgan fingerprint density at radius 2 is 2.20 bits per heavy atom. The van der Waals surface area contributed by atoms with Crippen molar-refractivity contribution in [1.82, 2.24) is 20.4 Å². The van der Waals surface area contributed by atoms with Gasteiger partial charge in [-0.3, -0.25) is 10.1 Å². The standard InChI is InChI=1S/C18H25N5O.HI/c1-19-18(20-11-17-7-9-21-22-17)23-10-8-16(12-23)14-24-13-15-5-3-2-4-6-15;/h2-7,9,16H,8,10-14H2,1H3,(H,19,20)(H,21,22);1H.